The molecule has 0 unspecified atom stereocenters. The highest BCUT2D eigenvalue weighted by Gasteiger charge is 2.33. The van der Waals surface area contributed by atoms with Crippen molar-refractivity contribution in [2.75, 3.05) is 11.9 Å². The zero-order valence-corrected chi connectivity index (χ0v) is 15.3. The quantitative estimate of drug-likeness (QED) is 0.611. The smallest absolute Gasteiger partial charge is 0.326 e. The van der Waals surface area contributed by atoms with Gasteiger partial charge in [-0.2, -0.15) is 0 Å². The fraction of sp³-hybridized carbons (Fsp3) is 0.200. The van der Waals surface area contributed by atoms with Crippen molar-refractivity contribution in [1.82, 2.24) is 4.90 Å². The summed E-state index contributed by atoms with van der Waals surface area (Å²) in [6.07, 6.45) is -1.41. The molecule has 0 bridgehead atoms. The minimum atomic E-state index is -1.37. The molecule has 0 aliphatic carbocycles. The molecule has 1 heterocycles. The van der Waals surface area contributed by atoms with E-state index in [1.807, 2.05) is 0 Å². The van der Waals surface area contributed by atoms with E-state index in [0.717, 1.165) is 23.1 Å². The van der Waals surface area contributed by atoms with Gasteiger partial charge in [0.2, 0.25) is 5.91 Å². The number of hydrogen-bond acceptors (Lipinski definition) is 5. The lowest BCUT2D eigenvalue weighted by molar-refractivity contribution is -0.155. The molecule has 0 radical (unpaired) electrons. The Morgan fingerprint density at radius 3 is 2.66 bits per heavy atom. The van der Waals surface area contributed by atoms with Crippen molar-refractivity contribution in [3.8, 4) is 0 Å². The van der Waals surface area contributed by atoms with Crippen molar-refractivity contribution in [2.45, 2.75) is 19.4 Å². The van der Waals surface area contributed by atoms with Gasteiger partial charge >= 0.3 is 5.97 Å². The van der Waals surface area contributed by atoms with Gasteiger partial charge in [0.1, 0.15) is 18.2 Å². The van der Waals surface area contributed by atoms with Crippen LogP contribution in [0.5, 0.6) is 0 Å². The summed E-state index contributed by atoms with van der Waals surface area (Å²) in [6, 6.07) is 9.05. The van der Waals surface area contributed by atoms with Gasteiger partial charge in [-0.05, 0) is 30.7 Å². The second-order valence-electron chi connectivity index (χ2n) is 6.36. The van der Waals surface area contributed by atoms with Crippen LogP contribution in [-0.4, -0.2) is 41.2 Å². The van der Waals surface area contributed by atoms with Gasteiger partial charge in [-0.25, -0.2) is 8.78 Å². The molecule has 3 amide bonds. The van der Waals surface area contributed by atoms with Crippen molar-refractivity contribution in [3.05, 3.63) is 65.2 Å². The molecular formula is C20H16F2N2O5. The van der Waals surface area contributed by atoms with Crippen LogP contribution in [0.25, 0.3) is 0 Å². The van der Waals surface area contributed by atoms with E-state index in [9.17, 15) is 28.0 Å². The number of nitrogens with one attached hydrogen (secondary N) is 1. The minimum Gasteiger partial charge on any atom is -0.451 e. The molecule has 0 spiro atoms. The van der Waals surface area contributed by atoms with Crippen LogP contribution in [-0.2, 0) is 25.5 Å². The molecule has 150 valence electrons. The number of halogens is 2. The zero-order chi connectivity index (χ0) is 21.1. The maximum Gasteiger partial charge on any atom is 0.326 e. The number of rotatable bonds is 5. The highest BCUT2D eigenvalue weighted by molar-refractivity contribution is 6.11. The topological polar surface area (TPSA) is 92.8 Å². The van der Waals surface area contributed by atoms with Crippen LogP contribution in [0.4, 0.5) is 14.5 Å². The van der Waals surface area contributed by atoms with E-state index >= 15 is 0 Å². The molecule has 0 saturated heterocycles. The van der Waals surface area contributed by atoms with Gasteiger partial charge in [-0.1, -0.05) is 18.2 Å². The van der Waals surface area contributed by atoms with Gasteiger partial charge in [-0.3, -0.25) is 24.1 Å². The van der Waals surface area contributed by atoms with E-state index in [2.05, 4.69) is 5.32 Å². The van der Waals surface area contributed by atoms with Crippen molar-refractivity contribution in [1.29, 1.82) is 0 Å². The molecule has 1 aliphatic heterocycles. The largest absolute Gasteiger partial charge is 0.451 e. The van der Waals surface area contributed by atoms with Crippen LogP contribution >= 0.6 is 0 Å². The number of imide groups is 1. The standard InChI is InChI=1S/C20H16F2N2O5/c1-11(19(27)23-16-9-13(21)6-7-15(16)22)29-18(26)10-24-17(25)8-12-4-2-3-5-14(12)20(24)28/h2-7,9,11H,8,10H2,1H3,(H,23,27)/t11-/m0/s1. The molecule has 2 aromatic rings. The molecular weight excluding hydrogens is 386 g/mol. The normalized spacial score (nSPS) is 14.2. The number of esters is 1. The first-order valence-electron chi connectivity index (χ1n) is 8.64. The number of fused-ring (bicyclic) bond motifs is 1. The number of amides is 3. The van der Waals surface area contributed by atoms with E-state index in [-0.39, 0.29) is 6.42 Å². The predicted molar refractivity (Wildman–Crippen MR) is 96.7 cm³/mol. The lowest BCUT2D eigenvalue weighted by Crippen LogP contribution is -2.46. The van der Waals surface area contributed by atoms with Gasteiger partial charge in [0, 0.05) is 11.6 Å². The number of hydrogen-bond donors (Lipinski definition) is 1. The summed E-state index contributed by atoms with van der Waals surface area (Å²) < 4.78 is 31.7. The molecule has 29 heavy (non-hydrogen) atoms. The number of carbonyl (C=O) groups excluding carboxylic acids is 4. The molecule has 7 nitrogen and oxygen atoms in total. The molecule has 0 saturated carbocycles. The highest BCUT2D eigenvalue weighted by atomic mass is 19.1. The van der Waals surface area contributed by atoms with Gasteiger partial charge < -0.3 is 10.1 Å². The first-order valence-corrected chi connectivity index (χ1v) is 8.64. The number of anilines is 1. The Balaban J connectivity index is 1.61. The number of ether oxygens (including phenoxy) is 1. The van der Waals surface area contributed by atoms with Crippen molar-refractivity contribution in [3.63, 3.8) is 0 Å². The van der Waals surface area contributed by atoms with Gasteiger partial charge in [0.25, 0.3) is 11.8 Å². The third-order valence-corrected chi connectivity index (χ3v) is 4.29. The molecule has 0 aromatic heterocycles. The highest BCUT2D eigenvalue weighted by Crippen LogP contribution is 2.20. The van der Waals surface area contributed by atoms with E-state index in [1.54, 1.807) is 24.3 Å². The Labute approximate surface area is 164 Å². The van der Waals surface area contributed by atoms with Gasteiger partial charge in [0.05, 0.1) is 12.1 Å². The summed E-state index contributed by atoms with van der Waals surface area (Å²) in [4.78, 5) is 49.6. The first kappa shape index (κ1) is 20.1. The third kappa shape index (κ3) is 4.45. The Morgan fingerprint density at radius 1 is 1.17 bits per heavy atom. The summed E-state index contributed by atoms with van der Waals surface area (Å²) >= 11 is 0. The molecule has 1 aliphatic rings. The summed E-state index contributed by atoms with van der Waals surface area (Å²) in [6.45, 7) is 0.553. The van der Waals surface area contributed by atoms with E-state index in [4.69, 9.17) is 4.74 Å². The summed E-state index contributed by atoms with van der Waals surface area (Å²) in [5.74, 6) is -4.70. The average Bonchev–Trinajstić information content (AvgIpc) is 2.68. The van der Waals surface area contributed by atoms with Crippen molar-refractivity contribution < 1.29 is 32.7 Å². The number of carbonyl (C=O) groups is 4. The summed E-state index contributed by atoms with van der Waals surface area (Å²) in [7, 11) is 0. The van der Waals surface area contributed by atoms with Crippen LogP contribution in [0.2, 0.25) is 0 Å². The van der Waals surface area contributed by atoms with Crippen LogP contribution in [0.1, 0.15) is 22.8 Å². The molecule has 9 heteroatoms. The maximum atomic E-state index is 13.6. The van der Waals surface area contributed by atoms with Crippen LogP contribution in [0.3, 0.4) is 0 Å². The molecule has 0 fully saturated rings. The second kappa shape index (κ2) is 8.17. The number of nitrogens with zero attached hydrogens (tertiary/aromatic N) is 1. The van der Waals surface area contributed by atoms with Crippen LogP contribution in [0.15, 0.2) is 42.5 Å². The van der Waals surface area contributed by atoms with E-state index in [1.165, 1.54) is 6.92 Å². The lowest BCUT2D eigenvalue weighted by atomic mass is 9.98. The SMILES string of the molecule is C[C@H](OC(=O)CN1C(=O)Cc2ccccc2C1=O)C(=O)Nc1cc(F)ccc1F. The Morgan fingerprint density at radius 2 is 1.90 bits per heavy atom. The summed E-state index contributed by atoms with van der Waals surface area (Å²) in [5, 5.41) is 2.11. The van der Waals surface area contributed by atoms with Gasteiger partial charge in [0.15, 0.2) is 6.10 Å². The predicted octanol–water partition coefficient (Wildman–Crippen LogP) is 2.06. The zero-order valence-electron chi connectivity index (χ0n) is 15.3. The average molecular weight is 402 g/mol. The molecule has 2 aromatic carbocycles. The Kier molecular flexibility index (Phi) is 5.67. The molecule has 1 atom stereocenters. The monoisotopic (exact) mass is 402 g/mol. The second-order valence-corrected chi connectivity index (χ2v) is 6.36. The summed E-state index contributed by atoms with van der Waals surface area (Å²) in [5.41, 5.74) is 0.472. The Hall–Kier alpha value is -3.62. The third-order valence-electron chi connectivity index (χ3n) is 4.29. The fourth-order valence-electron chi connectivity index (χ4n) is 2.80. The number of benzene rings is 2. The minimum absolute atomic E-state index is 0.0376. The van der Waals surface area contributed by atoms with Crippen molar-refractivity contribution >= 4 is 29.4 Å². The lowest BCUT2D eigenvalue weighted by Gasteiger charge is -2.26. The van der Waals surface area contributed by atoms with Crippen LogP contribution in [0, 0.1) is 11.6 Å². The van der Waals surface area contributed by atoms with E-state index in [0.29, 0.717) is 11.1 Å². The fourth-order valence-corrected chi connectivity index (χ4v) is 2.80. The molecule has 3 rings (SSSR count). The maximum absolute atomic E-state index is 13.6. The van der Waals surface area contributed by atoms with Crippen molar-refractivity contribution in [2.24, 2.45) is 0 Å². The molecule has 1 N–H and O–H groups in total. The van der Waals surface area contributed by atoms with Gasteiger partial charge in [-0.15, -0.1) is 0 Å². The first-order chi connectivity index (χ1) is 13.8. The van der Waals surface area contributed by atoms with Crippen LogP contribution < -0.4 is 5.32 Å². The Bertz CT molecular complexity index is 1010. The van der Waals surface area contributed by atoms with E-state index < -0.39 is 53.7 Å².